The van der Waals surface area contributed by atoms with Gasteiger partial charge in [0, 0.05) is 6.54 Å². The summed E-state index contributed by atoms with van der Waals surface area (Å²) in [7, 11) is -1.83. The van der Waals surface area contributed by atoms with Crippen molar-refractivity contribution in [3.63, 3.8) is 0 Å². The Hall–Kier alpha value is -2.91. The van der Waals surface area contributed by atoms with E-state index in [1.165, 1.54) is 7.11 Å². The molecular weight excluding hydrogens is 444 g/mol. The molecule has 8 nitrogen and oxygen atoms in total. The molecule has 0 aliphatic carbocycles. The predicted molar refractivity (Wildman–Crippen MR) is 125 cm³/mol. The minimum absolute atomic E-state index is 0.0465. The minimum Gasteiger partial charge on any atom is -0.492 e. The maximum absolute atomic E-state index is 13.3. The van der Waals surface area contributed by atoms with E-state index in [9.17, 15) is 18.0 Å². The molecule has 1 atom stereocenters. The summed E-state index contributed by atoms with van der Waals surface area (Å²) in [6.45, 7) is 2.58. The van der Waals surface area contributed by atoms with Gasteiger partial charge in [-0.15, -0.1) is 0 Å². The number of amides is 1. The van der Waals surface area contributed by atoms with Crippen LogP contribution < -0.4 is 15.4 Å². The van der Waals surface area contributed by atoms with Crippen molar-refractivity contribution in [3.05, 3.63) is 65.7 Å². The first-order valence-corrected chi connectivity index (χ1v) is 12.7. The van der Waals surface area contributed by atoms with E-state index in [1.54, 1.807) is 24.3 Å². The summed E-state index contributed by atoms with van der Waals surface area (Å²) < 4.78 is 34.4. The van der Waals surface area contributed by atoms with E-state index in [0.29, 0.717) is 18.7 Å². The van der Waals surface area contributed by atoms with Crippen LogP contribution in [0.2, 0.25) is 0 Å². The Morgan fingerprint density at radius 3 is 2.27 bits per heavy atom. The Morgan fingerprint density at radius 1 is 1.03 bits per heavy atom. The molecule has 2 aromatic rings. The lowest BCUT2D eigenvalue weighted by Gasteiger charge is -2.37. The van der Waals surface area contributed by atoms with Crippen LogP contribution in [0, 0.1) is 0 Å². The summed E-state index contributed by atoms with van der Waals surface area (Å²) in [5.41, 5.74) is 0.252. The number of hydrogen-bond acceptors (Lipinski definition) is 7. The average molecular weight is 475 g/mol. The third kappa shape index (κ3) is 6.55. The molecule has 33 heavy (non-hydrogen) atoms. The predicted octanol–water partition coefficient (Wildman–Crippen LogP) is 2.27. The van der Waals surface area contributed by atoms with E-state index in [2.05, 4.69) is 10.6 Å². The number of carbonyl (C=O) groups excluding carboxylic acids is 2. The van der Waals surface area contributed by atoms with Crippen LogP contribution in [0.1, 0.15) is 41.7 Å². The third-order valence-corrected chi connectivity index (χ3v) is 7.52. The monoisotopic (exact) mass is 474 g/mol. The van der Waals surface area contributed by atoms with Gasteiger partial charge in [-0.25, -0.2) is 13.2 Å². The molecule has 1 unspecified atom stereocenters. The highest BCUT2D eigenvalue weighted by molar-refractivity contribution is 7.91. The van der Waals surface area contributed by atoms with Gasteiger partial charge in [-0.1, -0.05) is 30.3 Å². The van der Waals surface area contributed by atoms with Gasteiger partial charge < -0.3 is 14.8 Å². The first-order chi connectivity index (χ1) is 15.7. The highest BCUT2D eigenvalue weighted by atomic mass is 32.2. The second-order valence-electron chi connectivity index (χ2n) is 8.13. The molecule has 3 rings (SSSR count). The summed E-state index contributed by atoms with van der Waals surface area (Å²) in [6.07, 6.45) is 0.390. The number of ether oxygens (including phenoxy) is 2. The fraction of sp³-hybridized carbons (Fsp3) is 0.417. The number of benzene rings is 2. The molecule has 2 N–H and O–H groups in total. The molecule has 0 bridgehead atoms. The lowest BCUT2D eigenvalue weighted by molar-refractivity contribution is -0.128. The Balaban J connectivity index is 1.65. The number of esters is 1. The summed E-state index contributed by atoms with van der Waals surface area (Å²) in [5, 5.41) is 6.27. The maximum Gasteiger partial charge on any atom is 0.337 e. The lowest BCUT2D eigenvalue weighted by Crippen LogP contribution is -2.61. The zero-order chi connectivity index (χ0) is 23.9. The van der Waals surface area contributed by atoms with Gasteiger partial charge >= 0.3 is 5.97 Å². The second-order valence-corrected chi connectivity index (χ2v) is 10.4. The Labute approximate surface area is 194 Å². The molecule has 0 saturated carbocycles. The smallest absolute Gasteiger partial charge is 0.337 e. The van der Waals surface area contributed by atoms with E-state index in [-0.39, 0.29) is 36.3 Å². The van der Waals surface area contributed by atoms with Crippen molar-refractivity contribution in [1.29, 1.82) is 0 Å². The number of nitrogens with one attached hydrogen (secondary N) is 2. The van der Waals surface area contributed by atoms with E-state index in [4.69, 9.17) is 9.47 Å². The standard InChI is InChI=1S/C24H30N2O6S/c1-18(19-8-10-20(11-9-19)22(27)31-2)26-23(28)24(12-16-33(29,30)17-13-24)25-14-15-32-21-6-4-3-5-7-21/h3-11,18,25H,12-17H2,1-2H3,(H,26,28). The molecule has 0 spiro atoms. The molecule has 1 saturated heterocycles. The molecule has 2 aromatic carbocycles. The Kier molecular flexibility index (Phi) is 8.10. The average Bonchev–Trinajstić information content (AvgIpc) is 2.83. The number of rotatable bonds is 9. The van der Waals surface area contributed by atoms with Crippen LogP contribution in [0.15, 0.2) is 54.6 Å². The summed E-state index contributed by atoms with van der Waals surface area (Å²) in [4.78, 5) is 24.9. The maximum atomic E-state index is 13.3. The molecule has 0 aromatic heterocycles. The van der Waals surface area contributed by atoms with Crippen molar-refractivity contribution in [3.8, 4) is 5.75 Å². The minimum atomic E-state index is -3.15. The van der Waals surface area contributed by atoms with E-state index in [1.807, 2.05) is 37.3 Å². The van der Waals surface area contributed by atoms with Crippen LogP contribution in [-0.4, -0.2) is 57.6 Å². The molecule has 1 amide bonds. The van der Waals surface area contributed by atoms with Crippen molar-refractivity contribution in [2.75, 3.05) is 31.8 Å². The molecule has 178 valence electrons. The van der Waals surface area contributed by atoms with Crippen LogP contribution in [0.3, 0.4) is 0 Å². The largest absolute Gasteiger partial charge is 0.492 e. The van der Waals surface area contributed by atoms with Crippen molar-refractivity contribution < 1.29 is 27.5 Å². The fourth-order valence-electron chi connectivity index (χ4n) is 3.79. The van der Waals surface area contributed by atoms with Gasteiger partial charge in [-0.3, -0.25) is 10.1 Å². The quantitative estimate of drug-likeness (QED) is 0.424. The molecular formula is C24H30N2O6S. The van der Waals surface area contributed by atoms with E-state index >= 15 is 0 Å². The van der Waals surface area contributed by atoms with Gasteiger partial charge in [0.25, 0.3) is 0 Å². The van der Waals surface area contributed by atoms with Crippen LogP contribution in [-0.2, 0) is 19.4 Å². The topological polar surface area (TPSA) is 111 Å². The van der Waals surface area contributed by atoms with Crippen molar-refractivity contribution in [2.45, 2.75) is 31.3 Å². The molecule has 1 heterocycles. The number of methoxy groups -OCH3 is 1. The Morgan fingerprint density at radius 2 is 1.67 bits per heavy atom. The zero-order valence-electron chi connectivity index (χ0n) is 18.9. The normalized spacial score (nSPS) is 17.5. The van der Waals surface area contributed by atoms with E-state index in [0.717, 1.165) is 11.3 Å². The van der Waals surface area contributed by atoms with Gasteiger partial charge in [0.1, 0.15) is 22.2 Å². The van der Waals surface area contributed by atoms with Gasteiger partial charge in [0.05, 0.1) is 35.8 Å². The molecule has 1 fully saturated rings. The lowest BCUT2D eigenvalue weighted by atomic mass is 9.90. The van der Waals surface area contributed by atoms with Crippen molar-refractivity contribution >= 4 is 21.7 Å². The van der Waals surface area contributed by atoms with Crippen molar-refractivity contribution in [2.24, 2.45) is 0 Å². The summed E-state index contributed by atoms with van der Waals surface area (Å²) >= 11 is 0. The molecule has 9 heteroatoms. The van der Waals surface area contributed by atoms with Crippen LogP contribution in [0.25, 0.3) is 0 Å². The summed E-state index contributed by atoms with van der Waals surface area (Å²) in [5.74, 6) is -0.0399. The molecule has 1 aliphatic rings. The third-order valence-electron chi connectivity index (χ3n) is 5.87. The van der Waals surface area contributed by atoms with Crippen molar-refractivity contribution in [1.82, 2.24) is 10.6 Å². The molecule has 0 radical (unpaired) electrons. The van der Waals surface area contributed by atoms with Crippen LogP contribution >= 0.6 is 0 Å². The number of carbonyl (C=O) groups is 2. The number of sulfone groups is 1. The SMILES string of the molecule is COC(=O)c1ccc(C(C)NC(=O)C2(NCCOc3ccccc3)CCS(=O)(=O)CC2)cc1. The Bertz CT molecular complexity index is 1040. The van der Waals surface area contributed by atoms with Gasteiger partial charge in [-0.2, -0.15) is 0 Å². The summed E-state index contributed by atoms with van der Waals surface area (Å²) in [6, 6.07) is 15.8. The van der Waals surface area contributed by atoms with Crippen LogP contribution in [0.4, 0.5) is 0 Å². The van der Waals surface area contributed by atoms with Gasteiger partial charge in [0.15, 0.2) is 0 Å². The van der Waals surface area contributed by atoms with E-state index < -0.39 is 21.3 Å². The fourth-order valence-corrected chi connectivity index (χ4v) is 5.31. The van der Waals surface area contributed by atoms with Gasteiger partial charge in [-0.05, 0) is 49.6 Å². The second kappa shape index (κ2) is 10.8. The number of hydrogen-bond donors (Lipinski definition) is 2. The first kappa shape index (κ1) is 24.7. The highest BCUT2D eigenvalue weighted by Crippen LogP contribution is 2.26. The highest BCUT2D eigenvalue weighted by Gasteiger charge is 2.43. The number of para-hydroxylation sites is 1. The van der Waals surface area contributed by atoms with Crippen LogP contribution in [0.5, 0.6) is 5.75 Å². The molecule has 1 aliphatic heterocycles. The van der Waals surface area contributed by atoms with Gasteiger partial charge in [0.2, 0.25) is 5.91 Å². The first-order valence-electron chi connectivity index (χ1n) is 10.9. The zero-order valence-corrected chi connectivity index (χ0v) is 19.7.